The van der Waals surface area contributed by atoms with E-state index in [0.717, 1.165) is 0 Å². The zero-order chi connectivity index (χ0) is 39.2. The zero-order valence-electron chi connectivity index (χ0n) is 32.2. The Morgan fingerprint density at radius 2 is 1.51 bits per heavy atom. The third-order valence-corrected chi connectivity index (χ3v) is 9.86. The van der Waals surface area contributed by atoms with Crippen molar-refractivity contribution in [3.8, 4) is 0 Å². The summed E-state index contributed by atoms with van der Waals surface area (Å²) < 4.78 is 48.5. The van der Waals surface area contributed by atoms with Crippen molar-refractivity contribution < 1.29 is 72.1 Å². The molecule has 0 bridgehead atoms. The first kappa shape index (κ1) is 44.3. The number of methoxy groups -OCH3 is 1. The predicted molar refractivity (Wildman–Crippen MR) is 179 cm³/mol. The van der Waals surface area contributed by atoms with Crippen molar-refractivity contribution in [1.82, 2.24) is 4.90 Å². The van der Waals surface area contributed by atoms with Gasteiger partial charge in [-0.15, -0.1) is 0 Å². The minimum atomic E-state index is -1.70. The van der Waals surface area contributed by atoms with Crippen LogP contribution in [0.15, 0.2) is 0 Å². The van der Waals surface area contributed by atoms with Crippen molar-refractivity contribution in [2.45, 2.75) is 155 Å². The van der Waals surface area contributed by atoms with Gasteiger partial charge in [0.05, 0.1) is 36.2 Å². The molecule has 0 spiro atoms. The van der Waals surface area contributed by atoms with E-state index in [1.807, 2.05) is 25.9 Å². The molecule has 14 atom stereocenters. The first-order valence-electron chi connectivity index (χ1n) is 17.3. The van der Waals surface area contributed by atoms with Crippen molar-refractivity contribution in [2.75, 3.05) is 21.2 Å². The molecule has 294 valence electrons. The SMILES string of the molecule is CO[C@]1(C)C[C@H](O[C@@H]([C@H](C)[C@@H](O[C@@H]2O[C@H](C)C[C@H](N(C)C)[C@H]2OC(C)=O)[C@@](C)(C[C@@H](C)C(=O)O)OC(C)=O)[C@@H](C)C(=O)O)O[C@@H](C)[C@@H]1OC(C)=O. The van der Waals surface area contributed by atoms with E-state index in [4.69, 9.17) is 37.9 Å². The normalized spacial score (nSPS) is 32.4. The van der Waals surface area contributed by atoms with Gasteiger partial charge in [0.25, 0.3) is 0 Å². The number of carbonyl (C=O) groups is 5. The molecule has 0 unspecified atom stereocenters. The van der Waals surface area contributed by atoms with Gasteiger partial charge in [0.2, 0.25) is 0 Å². The van der Waals surface area contributed by atoms with Crippen LogP contribution < -0.4 is 0 Å². The Balaban J connectivity index is 2.74. The van der Waals surface area contributed by atoms with Gasteiger partial charge < -0.3 is 53.0 Å². The van der Waals surface area contributed by atoms with Crippen LogP contribution in [0.25, 0.3) is 0 Å². The van der Waals surface area contributed by atoms with Crippen molar-refractivity contribution in [3.63, 3.8) is 0 Å². The van der Waals surface area contributed by atoms with Gasteiger partial charge in [-0.05, 0) is 55.1 Å². The Hall–Kier alpha value is -2.89. The van der Waals surface area contributed by atoms with E-state index < -0.39 is 102 Å². The van der Waals surface area contributed by atoms with Crippen molar-refractivity contribution in [3.05, 3.63) is 0 Å². The molecule has 0 aliphatic carbocycles. The van der Waals surface area contributed by atoms with Crippen LogP contribution in [-0.4, -0.2) is 133 Å². The molecule has 0 amide bonds. The number of nitrogens with zero attached hydrogens (tertiary/aromatic N) is 1. The fourth-order valence-electron chi connectivity index (χ4n) is 7.33. The standard InChI is InChI=1S/C35H59NO15/c1-17(31(40)41)15-35(10,51-24(8)39)29(50-33-28(47-22(6)37)25(36(11)12)14-18(2)45-33)19(3)27(20(4)32(42)43)49-26-16-34(9,44-13)30(21(5)46-26)48-23(7)38/h17-21,25-30,33H,14-16H2,1-13H3,(H,40,41)(H,42,43)/t17-,18-,19+,20-,21+,25+,26+,27+,28-,29-,30+,33+,34-,35-/m1/s1. The molecule has 0 saturated carbocycles. The number of carboxylic acid groups (broad SMARTS) is 2. The summed E-state index contributed by atoms with van der Waals surface area (Å²) in [6, 6.07) is -0.365. The fourth-order valence-corrected chi connectivity index (χ4v) is 7.33. The first-order valence-corrected chi connectivity index (χ1v) is 17.3. The van der Waals surface area contributed by atoms with Gasteiger partial charge >= 0.3 is 29.8 Å². The topological polar surface area (TPSA) is 203 Å². The van der Waals surface area contributed by atoms with E-state index in [9.17, 15) is 34.2 Å². The number of carbonyl (C=O) groups excluding carboxylic acids is 3. The Morgan fingerprint density at radius 3 is 1.98 bits per heavy atom. The van der Waals surface area contributed by atoms with Crippen LogP contribution >= 0.6 is 0 Å². The highest BCUT2D eigenvalue weighted by Crippen LogP contribution is 2.41. The molecule has 2 aliphatic heterocycles. The Morgan fingerprint density at radius 1 is 0.922 bits per heavy atom. The predicted octanol–water partition coefficient (Wildman–Crippen LogP) is 3.01. The maximum Gasteiger partial charge on any atom is 0.308 e. The Kier molecular flexibility index (Phi) is 15.8. The second-order valence-corrected chi connectivity index (χ2v) is 14.7. The average Bonchev–Trinajstić information content (AvgIpc) is 2.99. The lowest BCUT2D eigenvalue weighted by Crippen LogP contribution is -2.61. The van der Waals surface area contributed by atoms with Crippen LogP contribution in [0.2, 0.25) is 0 Å². The molecule has 2 aliphatic rings. The van der Waals surface area contributed by atoms with E-state index in [2.05, 4.69) is 0 Å². The number of aliphatic carboxylic acids is 2. The summed E-state index contributed by atoms with van der Waals surface area (Å²) >= 11 is 0. The van der Waals surface area contributed by atoms with Crippen LogP contribution in [0, 0.1) is 17.8 Å². The summed E-state index contributed by atoms with van der Waals surface area (Å²) in [6.45, 7) is 15.0. The minimum Gasteiger partial charge on any atom is -0.481 e. The molecule has 16 heteroatoms. The summed E-state index contributed by atoms with van der Waals surface area (Å²) in [5.74, 6) is -7.48. The maximum atomic E-state index is 12.7. The molecule has 0 aromatic rings. The summed E-state index contributed by atoms with van der Waals surface area (Å²) in [5, 5.41) is 20.2. The quantitative estimate of drug-likeness (QED) is 0.163. The number of esters is 3. The third kappa shape index (κ3) is 11.5. The van der Waals surface area contributed by atoms with Gasteiger partial charge in [-0.3, -0.25) is 24.0 Å². The van der Waals surface area contributed by atoms with Crippen LogP contribution in [-0.2, 0) is 61.9 Å². The van der Waals surface area contributed by atoms with E-state index >= 15 is 0 Å². The highest BCUT2D eigenvalue weighted by atomic mass is 16.7. The van der Waals surface area contributed by atoms with Crippen LogP contribution in [0.3, 0.4) is 0 Å². The molecule has 0 aromatic carbocycles. The van der Waals surface area contributed by atoms with Gasteiger partial charge in [-0.1, -0.05) is 13.8 Å². The summed E-state index contributed by atoms with van der Waals surface area (Å²) in [5.41, 5.74) is -2.79. The zero-order valence-corrected chi connectivity index (χ0v) is 32.2. The van der Waals surface area contributed by atoms with E-state index in [-0.39, 0.29) is 25.0 Å². The van der Waals surface area contributed by atoms with Crippen molar-refractivity contribution >= 4 is 29.8 Å². The summed E-state index contributed by atoms with van der Waals surface area (Å²) in [4.78, 5) is 63.6. The second-order valence-electron chi connectivity index (χ2n) is 14.7. The largest absolute Gasteiger partial charge is 0.481 e. The summed E-state index contributed by atoms with van der Waals surface area (Å²) in [6.07, 6.45) is -7.45. The lowest BCUT2D eigenvalue weighted by atomic mass is 9.77. The maximum absolute atomic E-state index is 12.7. The molecule has 16 nitrogen and oxygen atoms in total. The highest BCUT2D eigenvalue weighted by molar-refractivity contribution is 5.71. The first-order chi connectivity index (χ1) is 23.5. The molecule has 2 N–H and O–H groups in total. The lowest BCUT2D eigenvalue weighted by Gasteiger charge is -2.49. The van der Waals surface area contributed by atoms with Crippen molar-refractivity contribution in [2.24, 2.45) is 17.8 Å². The lowest BCUT2D eigenvalue weighted by molar-refractivity contribution is -0.319. The second kappa shape index (κ2) is 18.2. The molecule has 2 heterocycles. The number of rotatable bonds is 17. The molecule has 2 fully saturated rings. The molecular weight excluding hydrogens is 674 g/mol. The Bertz CT molecular complexity index is 1230. The van der Waals surface area contributed by atoms with Gasteiger partial charge in [0, 0.05) is 46.6 Å². The third-order valence-electron chi connectivity index (χ3n) is 9.86. The molecule has 51 heavy (non-hydrogen) atoms. The van der Waals surface area contributed by atoms with Crippen LogP contribution in [0.5, 0.6) is 0 Å². The molecular formula is C35H59NO15. The summed E-state index contributed by atoms with van der Waals surface area (Å²) in [7, 11) is 5.09. The number of likely N-dealkylation sites (N-methyl/N-ethyl adjacent to an activating group) is 1. The van der Waals surface area contributed by atoms with Crippen LogP contribution in [0.1, 0.15) is 88.5 Å². The van der Waals surface area contributed by atoms with Gasteiger partial charge in [0.15, 0.2) is 24.8 Å². The minimum absolute atomic E-state index is 0.0341. The highest BCUT2D eigenvalue weighted by Gasteiger charge is 2.54. The van der Waals surface area contributed by atoms with Gasteiger partial charge in [0.1, 0.15) is 17.3 Å². The Labute approximate surface area is 300 Å². The molecule has 2 rings (SSSR count). The average molecular weight is 734 g/mol. The monoisotopic (exact) mass is 733 g/mol. The van der Waals surface area contributed by atoms with Gasteiger partial charge in [-0.25, -0.2) is 0 Å². The fraction of sp³-hybridized carbons (Fsp3) is 0.857. The number of ether oxygens (including phenoxy) is 8. The van der Waals surface area contributed by atoms with E-state index in [0.29, 0.717) is 6.42 Å². The smallest absolute Gasteiger partial charge is 0.308 e. The molecule has 0 radical (unpaired) electrons. The van der Waals surface area contributed by atoms with E-state index in [1.54, 1.807) is 20.8 Å². The van der Waals surface area contributed by atoms with E-state index in [1.165, 1.54) is 48.7 Å². The van der Waals surface area contributed by atoms with Crippen LogP contribution in [0.4, 0.5) is 0 Å². The molecule has 0 aromatic heterocycles. The number of hydrogen-bond donors (Lipinski definition) is 2. The van der Waals surface area contributed by atoms with Gasteiger partial charge in [-0.2, -0.15) is 0 Å². The van der Waals surface area contributed by atoms with Crippen molar-refractivity contribution in [1.29, 1.82) is 0 Å². The number of carboxylic acids is 2. The number of hydrogen-bond acceptors (Lipinski definition) is 14. The molecule has 2 saturated heterocycles.